The van der Waals surface area contributed by atoms with Crippen LogP contribution in [0, 0.1) is 5.92 Å². The van der Waals surface area contributed by atoms with E-state index in [0.717, 1.165) is 10.8 Å². The Bertz CT molecular complexity index is 1050. The SMILES string of the molecule is CC(C)COC(=O)/C(=C/c1ccc2ccccc2c1)C(=O)c1ccccc1O. The van der Waals surface area contributed by atoms with E-state index in [2.05, 4.69) is 0 Å². The van der Waals surface area contributed by atoms with E-state index in [0.29, 0.717) is 5.56 Å². The van der Waals surface area contributed by atoms with Crippen LogP contribution in [0.2, 0.25) is 0 Å². The summed E-state index contributed by atoms with van der Waals surface area (Å²) in [5.74, 6) is -1.30. The number of esters is 1. The number of rotatable bonds is 6. The largest absolute Gasteiger partial charge is 0.507 e. The van der Waals surface area contributed by atoms with Crippen LogP contribution in [0.15, 0.2) is 72.3 Å². The van der Waals surface area contributed by atoms with E-state index >= 15 is 0 Å². The van der Waals surface area contributed by atoms with Crippen LogP contribution in [0.25, 0.3) is 16.8 Å². The third kappa shape index (κ3) is 4.46. The van der Waals surface area contributed by atoms with E-state index in [1.54, 1.807) is 12.1 Å². The highest BCUT2D eigenvalue weighted by molar-refractivity contribution is 6.27. The summed E-state index contributed by atoms with van der Waals surface area (Å²) in [5.41, 5.74) is 0.660. The van der Waals surface area contributed by atoms with Crippen molar-refractivity contribution in [1.82, 2.24) is 0 Å². The highest BCUT2D eigenvalue weighted by atomic mass is 16.5. The molecule has 0 aliphatic carbocycles. The maximum absolute atomic E-state index is 13.0. The molecule has 3 rings (SSSR count). The lowest BCUT2D eigenvalue weighted by molar-refractivity contribution is -0.139. The summed E-state index contributed by atoms with van der Waals surface area (Å²) in [6.45, 7) is 4.05. The first-order chi connectivity index (χ1) is 13.5. The van der Waals surface area contributed by atoms with E-state index in [-0.39, 0.29) is 29.4 Å². The van der Waals surface area contributed by atoms with Gasteiger partial charge in [-0.2, -0.15) is 0 Å². The molecule has 0 saturated carbocycles. The van der Waals surface area contributed by atoms with Crippen molar-refractivity contribution in [2.45, 2.75) is 13.8 Å². The molecule has 0 spiro atoms. The minimum Gasteiger partial charge on any atom is -0.507 e. The first kappa shape index (κ1) is 19.4. The van der Waals surface area contributed by atoms with Crippen LogP contribution in [0.5, 0.6) is 5.75 Å². The van der Waals surface area contributed by atoms with Crippen molar-refractivity contribution in [3.05, 3.63) is 83.4 Å². The highest BCUT2D eigenvalue weighted by Crippen LogP contribution is 2.23. The Morgan fingerprint density at radius 1 is 0.964 bits per heavy atom. The Morgan fingerprint density at radius 3 is 2.36 bits per heavy atom. The third-order valence-corrected chi connectivity index (χ3v) is 4.25. The molecule has 3 aromatic carbocycles. The van der Waals surface area contributed by atoms with Gasteiger partial charge in [0.2, 0.25) is 5.78 Å². The van der Waals surface area contributed by atoms with Gasteiger partial charge in [-0.05, 0) is 46.5 Å². The molecule has 0 fully saturated rings. The summed E-state index contributed by atoms with van der Waals surface area (Å²) < 4.78 is 5.30. The first-order valence-corrected chi connectivity index (χ1v) is 9.16. The second kappa shape index (κ2) is 8.53. The maximum Gasteiger partial charge on any atom is 0.342 e. The number of phenols is 1. The van der Waals surface area contributed by atoms with E-state index in [1.165, 1.54) is 18.2 Å². The summed E-state index contributed by atoms with van der Waals surface area (Å²) >= 11 is 0. The molecule has 28 heavy (non-hydrogen) atoms. The van der Waals surface area contributed by atoms with Crippen molar-refractivity contribution in [3.63, 3.8) is 0 Å². The molecule has 0 saturated heterocycles. The lowest BCUT2D eigenvalue weighted by atomic mass is 9.99. The van der Waals surface area contributed by atoms with E-state index in [9.17, 15) is 14.7 Å². The zero-order valence-corrected chi connectivity index (χ0v) is 15.9. The van der Waals surface area contributed by atoms with Gasteiger partial charge in [-0.25, -0.2) is 4.79 Å². The maximum atomic E-state index is 13.0. The summed E-state index contributed by atoms with van der Waals surface area (Å²) in [4.78, 5) is 25.6. The Labute approximate surface area is 164 Å². The number of hydrogen-bond acceptors (Lipinski definition) is 4. The number of benzene rings is 3. The number of fused-ring (bicyclic) bond motifs is 1. The molecule has 3 aromatic rings. The number of hydrogen-bond donors (Lipinski definition) is 1. The average Bonchev–Trinajstić information content (AvgIpc) is 2.70. The topological polar surface area (TPSA) is 63.6 Å². The minimum atomic E-state index is -0.699. The predicted molar refractivity (Wildman–Crippen MR) is 110 cm³/mol. The molecular weight excluding hydrogens is 352 g/mol. The number of phenolic OH excluding ortho intramolecular Hbond substituents is 1. The van der Waals surface area contributed by atoms with Crippen molar-refractivity contribution in [1.29, 1.82) is 0 Å². The average molecular weight is 374 g/mol. The van der Waals surface area contributed by atoms with Crippen molar-refractivity contribution >= 4 is 28.6 Å². The van der Waals surface area contributed by atoms with Gasteiger partial charge in [-0.3, -0.25) is 4.79 Å². The van der Waals surface area contributed by atoms with E-state index < -0.39 is 11.8 Å². The molecule has 0 aromatic heterocycles. The molecular formula is C24H22O4. The second-order valence-electron chi connectivity index (χ2n) is 7.00. The molecule has 1 N–H and O–H groups in total. The number of ketones is 1. The molecule has 0 atom stereocenters. The lowest BCUT2D eigenvalue weighted by Gasteiger charge is -2.11. The van der Waals surface area contributed by atoms with Crippen LogP contribution in [0.4, 0.5) is 0 Å². The highest BCUT2D eigenvalue weighted by Gasteiger charge is 2.24. The molecule has 4 nitrogen and oxygen atoms in total. The van der Waals surface area contributed by atoms with Gasteiger partial charge >= 0.3 is 5.97 Å². The van der Waals surface area contributed by atoms with Gasteiger partial charge < -0.3 is 9.84 Å². The van der Waals surface area contributed by atoms with Gasteiger partial charge in [-0.1, -0.05) is 62.4 Å². The van der Waals surface area contributed by atoms with E-state index in [1.807, 2.05) is 56.3 Å². The molecule has 0 aliphatic rings. The standard InChI is InChI=1S/C24H22O4/c1-16(2)15-28-24(27)21(23(26)20-9-5-6-10-22(20)25)14-17-11-12-18-7-3-4-8-19(18)13-17/h3-14,16,25H,15H2,1-2H3/b21-14+. The van der Waals surface area contributed by atoms with Gasteiger partial charge in [-0.15, -0.1) is 0 Å². The number of Topliss-reactive ketones (excluding diaryl/α,β-unsaturated/α-hetero) is 1. The van der Waals surface area contributed by atoms with Gasteiger partial charge in [0, 0.05) is 0 Å². The number of aromatic hydroxyl groups is 1. The molecule has 142 valence electrons. The molecule has 0 bridgehead atoms. The Hall–Kier alpha value is -3.40. The summed E-state index contributed by atoms with van der Waals surface area (Å²) in [6, 6.07) is 19.7. The number of carbonyl (C=O) groups excluding carboxylic acids is 2. The zero-order valence-electron chi connectivity index (χ0n) is 15.9. The molecule has 0 unspecified atom stereocenters. The van der Waals surface area contributed by atoms with Crippen molar-refractivity contribution in [3.8, 4) is 5.75 Å². The van der Waals surface area contributed by atoms with Crippen molar-refractivity contribution < 1.29 is 19.4 Å². The van der Waals surface area contributed by atoms with E-state index in [4.69, 9.17) is 4.74 Å². The number of carbonyl (C=O) groups is 2. The smallest absolute Gasteiger partial charge is 0.342 e. The Balaban J connectivity index is 2.03. The molecule has 0 heterocycles. The Morgan fingerprint density at radius 2 is 1.64 bits per heavy atom. The summed E-state index contributed by atoms with van der Waals surface area (Å²) in [6.07, 6.45) is 1.52. The number of ether oxygens (including phenoxy) is 1. The fraction of sp³-hybridized carbons (Fsp3) is 0.167. The fourth-order valence-electron chi connectivity index (χ4n) is 2.81. The van der Waals surface area contributed by atoms with Gasteiger partial charge in [0.15, 0.2) is 0 Å². The van der Waals surface area contributed by atoms with Gasteiger partial charge in [0.1, 0.15) is 11.3 Å². The lowest BCUT2D eigenvalue weighted by Crippen LogP contribution is -2.18. The van der Waals surface area contributed by atoms with Crippen LogP contribution in [-0.4, -0.2) is 23.5 Å². The third-order valence-electron chi connectivity index (χ3n) is 4.25. The minimum absolute atomic E-state index is 0.0658. The predicted octanol–water partition coefficient (Wildman–Crippen LogP) is 5.01. The molecule has 0 aliphatic heterocycles. The quantitative estimate of drug-likeness (QED) is 0.217. The zero-order chi connectivity index (χ0) is 20.1. The van der Waals surface area contributed by atoms with Gasteiger partial charge in [0.25, 0.3) is 0 Å². The van der Waals surface area contributed by atoms with Crippen LogP contribution in [-0.2, 0) is 9.53 Å². The number of para-hydroxylation sites is 1. The molecule has 0 amide bonds. The van der Waals surface area contributed by atoms with Crippen LogP contribution < -0.4 is 0 Å². The first-order valence-electron chi connectivity index (χ1n) is 9.16. The monoisotopic (exact) mass is 374 g/mol. The van der Waals surface area contributed by atoms with Crippen LogP contribution >= 0.6 is 0 Å². The molecule has 0 radical (unpaired) electrons. The van der Waals surface area contributed by atoms with Gasteiger partial charge in [0.05, 0.1) is 12.2 Å². The summed E-state index contributed by atoms with van der Waals surface area (Å²) in [7, 11) is 0. The van der Waals surface area contributed by atoms with Crippen molar-refractivity contribution in [2.24, 2.45) is 5.92 Å². The fourth-order valence-corrected chi connectivity index (χ4v) is 2.81. The Kier molecular flexibility index (Phi) is 5.90. The van der Waals surface area contributed by atoms with Crippen LogP contribution in [0.1, 0.15) is 29.8 Å². The van der Waals surface area contributed by atoms with Crippen molar-refractivity contribution in [2.75, 3.05) is 6.61 Å². The molecule has 4 heteroatoms. The second-order valence-corrected chi connectivity index (χ2v) is 7.00. The normalized spacial score (nSPS) is 11.6. The van der Waals surface area contributed by atoms with Crippen LogP contribution in [0.3, 0.4) is 0 Å². The summed E-state index contributed by atoms with van der Waals surface area (Å²) in [5, 5.41) is 12.1.